The van der Waals surface area contributed by atoms with E-state index >= 15 is 0 Å². The van der Waals surface area contributed by atoms with Crippen molar-refractivity contribution in [2.75, 3.05) is 0 Å². The van der Waals surface area contributed by atoms with Crippen LogP contribution in [0.1, 0.15) is 24.5 Å². The normalized spacial score (nSPS) is 10.6. The van der Waals surface area contributed by atoms with Crippen LogP contribution in [0.4, 0.5) is 4.39 Å². The van der Waals surface area contributed by atoms with Crippen LogP contribution in [-0.4, -0.2) is 5.78 Å². The minimum Gasteiger partial charge on any atom is -0.295 e. The maximum atomic E-state index is 13.0. The lowest BCUT2D eigenvalue weighted by atomic mass is 9.96. The highest BCUT2D eigenvalue weighted by atomic mass is 19.1. The van der Waals surface area contributed by atoms with E-state index < -0.39 is 0 Å². The van der Waals surface area contributed by atoms with Crippen molar-refractivity contribution in [1.82, 2.24) is 0 Å². The number of benzene rings is 1. The molecule has 0 fully saturated rings. The quantitative estimate of drug-likeness (QED) is 0.559. The van der Waals surface area contributed by atoms with Crippen molar-refractivity contribution in [2.24, 2.45) is 0 Å². The van der Waals surface area contributed by atoms with Crippen molar-refractivity contribution in [3.63, 3.8) is 0 Å². The molecule has 0 aromatic heterocycles. The van der Waals surface area contributed by atoms with E-state index in [1.54, 1.807) is 19.1 Å². The van der Waals surface area contributed by atoms with E-state index in [0.29, 0.717) is 17.6 Å². The summed E-state index contributed by atoms with van der Waals surface area (Å²) in [7, 11) is 0. The van der Waals surface area contributed by atoms with Crippen LogP contribution in [0.5, 0.6) is 0 Å². The summed E-state index contributed by atoms with van der Waals surface area (Å²) in [6.07, 6.45) is 3.61. The number of halogens is 1. The first-order valence-electron chi connectivity index (χ1n) is 5.81. The molecule has 0 aliphatic rings. The number of hydrogen-bond donors (Lipinski definition) is 0. The van der Waals surface area contributed by atoms with Gasteiger partial charge in [-0.3, -0.25) is 4.79 Å². The Balaban J connectivity index is 2.90. The molecule has 0 atom stereocenters. The minimum atomic E-state index is -0.272. The summed E-state index contributed by atoms with van der Waals surface area (Å²) in [5, 5.41) is 0. The molecular weight excluding hydrogens is 227 g/mol. The Kier molecular flexibility index (Phi) is 4.78. The molecule has 0 N–H and O–H groups in total. The molecule has 1 nitrogen and oxygen atoms in total. The molecule has 0 bridgehead atoms. The predicted octanol–water partition coefficient (Wildman–Crippen LogP) is 4.24. The maximum absolute atomic E-state index is 13.0. The summed E-state index contributed by atoms with van der Waals surface area (Å²) < 4.78 is 13.0. The van der Waals surface area contributed by atoms with Crippen LogP contribution in [0.3, 0.4) is 0 Å². The predicted molar refractivity (Wildman–Crippen MR) is 73.7 cm³/mol. The lowest BCUT2D eigenvalue weighted by Gasteiger charge is -2.09. The topological polar surface area (TPSA) is 17.1 Å². The second-order valence-corrected chi connectivity index (χ2v) is 4.12. The molecule has 0 saturated carbocycles. The number of carbonyl (C=O) groups is 1. The lowest BCUT2D eigenvalue weighted by Crippen LogP contribution is -1.92. The number of rotatable bonds is 5. The standard InChI is InChI=1S/C16H17FO/c1-5-15(18)8-6-11(2)13(4)16-9-7-14(17)10-12(16)3/h6-10H,2,4-5H2,1,3H3. The second-order valence-electron chi connectivity index (χ2n) is 4.12. The highest BCUT2D eigenvalue weighted by Crippen LogP contribution is 2.24. The first-order valence-corrected chi connectivity index (χ1v) is 5.81. The van der Waals surface area contributed by atoms with Gasteiger partial charge in [-0.15, -0.1) is 0 Å². The summed E-state index contributed by atoms with van der Waals surface area (Å²) in [5.74, 6) is -0.230. The average molecular weight is 244 g/mol. The number of carbonyl (C=O) groups excluding carboxylic acids is 1. The van der Waals surface area contributed by atoms with Crippen LogP contribution in [0.25, 0.3) is 5.57 Å². The Bertz CT molecular complexity index is 524. The van der Waals surface area contributed by atoms with Crippen LogP contribution in [-0.2, 0) is 4.79 Å². The SMILES string of the molecule is C=C(C=CC(=O)CC)C(=C)c1ccc(F)cc1C. The summed E-state index contributed by atoms with van der Waals surface area (Å²) in [4.78, 5) is 11.2. The Hall–Kier alpha value is -1.96. The molecule has 18 heavy (non-hydrogen) atoms. The van der Waals surface area contributed by atoms with Crippen LogP contribution in [0.2, 0.25) is 0 Å². The van der Waals surface area contributed by atoms with Gasteiger partial charge in [-0.2, -0.15) is 0 Å². The van der Waals surface area contributed by atoms with Gasteiger partial charge in [0.2, 0.25) is 0 Å². The van der Waals surface area contributed by atoms with E-state index in [4.69, 9.17) is 0 Å². The molecule has 0 amide bonds. The smallest absolute Gasteiger partial charge is 0.155 e. The van der Waals surface area contributed by atoms with E-state index in [0.717, 1.165) is 11.1 Å². The van der Waals surface area contributed by atoms with Crippen molar-refractivity contribution in [2.45, 2.75) is 20.3 Å². The van der Waals surface area contributed by atoms with Gasteiger partial charge >= 0.3 is 0 Å². The van der Waals surface area contributed by atoms with Crippen molar-refractivity contribution < 1.29 is 9.18 Å². The van der Waals surface area contributed by atoms with Crippen molar-refractivity contribution in [1.29, 1.82) is 0 Å². The van der Waals surface area contributed by atoms with Crippen molar-refractivity contribution in [3.8, 4) is 0 Å². The molecule has 1 aromatic rings. The summed E-state index contributed by atoms with van der Waals surface area (Å²) >= 11 is 0. The van der Waals surface area contributed by atoms with Crippen LogP contribution >= 0.6 is 0 Å². The van der Waals surface area contributed by atoms with E-state index in [1.165, 1.54) is 18.2 Å². The maximum Gasteiger partial charge on any atom is 0.155 e. The van der Waals surface area contributed by atoms with Gasteiger partial charge in [-0.25, -0.2) is 4.39 Å². The van der Waals surface area contributed by atoms with Gasteiger partial charge in [0.05, 0.1) is 0 Å². The number of allylic oxidation sites excluding steroid dienone is 4. The molecule has 0 radical (unpaired) electrons. The molecule has 0 saturated heterocycles. The monoisotopic (exact) mass is 244 g/mol. The first kappa shape index (κ1) is 14.1. The molecule has 0 spiro atoms. The highest BCUT2D eigenvalue weighted by Gasteiger charge is 2.06. The molecule has 0 unspecified atom stereocenters. The first-order chi connectivity index (χ1) is 8.45. The molecular formula is C16H17FO. The van der Waals surface area contributed by atoms with Crippen LogP contribution in [0.15, 0.2) is 49.1 Å². The summed E-state index contributed by atoms with van der Waals surface area (Å²) in [6, 6.07) is 4.52. The zero-order valence-electron chi connectivity index (χ0n) is 10.8. The fourth-order valence-corrected chi connectivity index (χ4v) is 1.55. The van der Waals surface area contributed by atoms with Gasteiger partial charge in [-0.1, -0.05) is 32.2 Å². The van der Waals surface area contributed by atoms with Crippen molar-refractivity contribution >= 4 is 11.4 Å². The highest BCUT2D eigenvalue weighted by molar-refractivity contribution is 5.91. The molecule has 0 aliphatic carbocycles. The van der Waals surface area contributed by atoms with Gasteiger partial charge < -0.3 is 0 Å². The van der Waals surface area contributed by atoms with Gasteiger partial charge in [-0.05, 0) is 47.4 Å². The largest absolute Gasteiger partial charge is 0.295 e. The number of hydrogen-bond acceptors (Lipinski definition) is 1. The molecule has 0 heterocycles. The molecule has 94 valence electrons. The van der Waals surface area contributed by atoms with E-state index in [1.807, 2.05) is 6.92 Å². The van der Waals surface area contributed by atoms with Crippen molar-refractivity contribution in [3.05, 3.63) is 66.0 Å². The lowest BCUT2D eigenvalue weighted by molar-refractivity contribution is -0.114. The summed E-state index contributed by atoms with van der Waals surface area (Å²) in [6.45, 7) is 11.4. The van der Waals surface area contributed by atoms with Gasteiger partial charge in [0.1, 0.15) is 5.82 Å². The van der Waals surface area contributed by atoms with Gasteiger partial charge in [0.15, 0.2) is 5.78 Å². The van der Waals surface area contributed by atoms with Gasteiger partial charge in [0, 0.05) is 6.42 Å². The average Bonchev–Trinajstić information content (AvgIpc) is 2.34. The fraction of sp³-hybridized carbons (Fsp3) is 0.188. The Morgan fingerprint density at radius 3 is 2.56 bits per heavy atom. The third-order valence-corrected chi connectivity index (χ3v) is 2.72. The third-order valence-electron chi connectivity index (χ3n) is 2.72. The Morgan fingerprint density at radius 2 is 2.00 bits per heavy atom. The zero-order chi connectivity index (χ0) is 13.7. The summed E-state index contributed by atoms with van der Waals surface area (Å²) in [5.41, 5.74) is 3.01. The van der Waals surface area contributed by atoms with E-state index in [9.17, 15) is 9.18 Å². The van der Waals surface area contributed by atoms with E-state index in [2.05, 4.69) is 13.2 Å². The Labute approximate surface area is 107 Å². The molecule has 1 aromatic carbocycles. The second kappa shape index (κ2) is 6.10. The Morgan fingerprint density at radius 1 is 1.33 bits per heavy atom. The van der Waals surface area contributed by atoms with E-state index in [-0.39, 0.29) is 11.6 Å². The van der Waals surface area contributed by atoms with Gasteiger partial charge in [0.25, 0.3) is 0 Å². The molecule has 0 aliphatic heterocycles. The van der Waals surface area contributed by atoms with Crippen LogP contribution < -0.4 is 0 Å². The molecule has 2 heteroatoms. The number of ketones is 1. The minimum absolute atomic E-state index is 0.0415. The molecule has 1 rings (SSSR count). The fourth-order valence-electron chi connectivity index (χ4n) is 1.55. The third kappa shape index (κ3) is 3.52. The number of aryl methyl sites for hydroxylation is 1. The van der Waals surface area contributed by atoms with Crippen LogP contribution in [0, 0.1) is 12.7 Å². The zero-order valence-corrected chi connectivity index (χ0v) is 10.8.